The molecule has 0 rings (SSSR count). The highest BCUT2D eigenvalue weighted by Crippen LogP contribution is 2.28. The van der Waals surface area contributed by atoms with Crippen molar-refractivity contribution in [3.63, 3.8) is 0 Å². The summed E-state index contributed by atoms with van der Waals surface area (Å²) >= 11 is 0. The summed E-state index contributed by atoms with van der Waals surface area (Å²) in [5, 5.41) is 0. The van der Waals surface area contributed by atoms with Crippen molar-refractivity contribution in [3.05, 3.63) is 46.6 Å². The Morgan fingerprint density at radius 1 is 0.553 bits per heavy atom. The van der Waals surface area contributed by atoms with E-state index in [1.165, 1.54) is 42.9 Å². The van der Waals surface area contributed by atoms with Crippen LogP contribution in [0, 0.1) is 11.8 Å². The van der Waals surface area contributed by atoms with Crippen LogP contribution in [0.4, 0.5) is 0 Å². The molecule has 0 fully saturated rings. The number of hydrogen-bond acceptors (Lipinski definition) is 4. The minimum atomic E-state index is -0.105. The van der Waals surface area contributed by atoms with Crippen LogP contribution in [0.1, 0.15) is 131 Å². The van der Waals surface area contributed by atoms with E-state index in [0.717, 1.165) is 70.6 Å². The molecule has 0 saturated carbocycles. The van der Waals surface area contributed by atoms with Gasteiger partial charge >= 0.3 is 11.9 Å². The maximum atomic E-state index is 11.4. The lowest BCUT2D eigenvalue weighted by atomic mass is 9.86. The van der Waals surface area contributed by atoms with Gasteiger partial charge in [0.15, 0.2) is 0 Å². The fourth-order valence-electron chi connectivity index (χ4n) is 4.55. The summed E-state index contributed by atoms with van der Waals surface area (Å²) in [6.45, 7) is 13.3. The van der Waals surface area contributed by atoms with Crippen LogP contribution >= 0.6 is 0 Å². The first-order valence-corrected chi connectivity index (χ1v) is 14.8. The molecule has 0 aromatic rings. The second-order valence-electron chi connectivity index (χ2n) is 11.3. The quantitative estimate of drug-likeness (QED) is 0.0841. The van der Waals surface area contributed by atoms with Crippen molar-refractivity contribution in [1.82, 2.24) is 0 Å². The molecule has 0 amide bonds. The molecule has 218 valence electrons. The normalized spacial score (nSPS) is 13.5. The number of carbonyl (C=O) groups excluding carboxylic acids is 2. The fraction of sp³-hybridized carbons (Fsp3) is 0.706. The van der Waals surface area contributed by atoms with E-state index >= 15 is 0 Å². The second-order valence-corrected chi connectivity index (χ2v) is 11.3. The lowest BCUT2D eigenvalue weighted by Gasteiger charge is -2.20. The molecule has 0 spiro atoms. The van der Waals surface area contributed by atoms with Crippen molar-refractivity contribution in [2.75, 3.05) is 14.2 Å². The van der Waals surface area contributed by atoms with Gasteiger partial charge in [0.05, 0.1) is 14.2 Å². The van der Waals surface area contributed by atoms with Gasteiger partial charge in [-0.25, -0.2) is 0 Å². The summed E-state index contributed by atoms with van der Waals surface area (Å²) < 4.78 is 9.49. The van der Waals surface area contributed by atoms with Crippen molar-refractivity contribution in [2.24, 2.45) is 11.8 Å². The van der Waals surface area contributed by atoms with Crippen molar-refractivity contribution in [3.8, 4) is 0 Å². The van der Waals surface area contributed by atoms with E-state index < -0.39 is 0 Å². The third-order valence-electron chi connectivity index (χ3n) is 7.32. The number of ether oxygens (including phenoxy) is 2. The van der Waals surface area contributed by atoms with Crippen LogP contribution in [0.15, 0.2) is 46.6 Å². The zero-order valence-corrected chi connectivity index (χ0v) is 26.0. The van der Waals surface area contributed by atoms with E-state index in [1.807, 2.05) is 0 Å². The number of hydrogen-bond donors (Lipinski definition) is 0. The summed E-state index contributed by atoms with van der Waals surface area (Å²) in [4.78, 5) is 22.6. The molecule has 0 bridgehead atoms. The van der Waals surface area contributed by atoms with Gasteiger partial charge in [0.1, 0.15) is 0 Å². The number of unbranched alkanes of at least 4 members (excludes halogenated alkanes) is 6. The van der Waals surface area contributed by atoms with Gasteiger partial charge in [-0.3, -0.25) is 9.59 Å². The van der Waals surface area contributed by atoms with E-state index in [1.54, 1.807) is 0 Å². The molecule has 0 aromatic carbocycles. The fourth-order valence-corrected chi connectivity index (χ4v) is 4.55. The molecular weight excluding hydrogens is 472 g/mol. The maximum absolute atomic E-state index is 11.4. The van der Waals surface area contributed by atoms with Crippen molar-refractivity contribution in [2.45, 2.75) is 131 Å². The van der Waals surface area contributed by atoms with Crippen LogP contribution in [-0.4, -0.2) is 26.2 Å². The van der Waals surface area contributed by atoms with Crippen molar-refractivity contribution < 1.29 is 19.1 Å². The van der Waals surface area contributed by atoms with Gasteiger partial charge in [-0.2, -0.15) is 0 Å². The number of methoxy groups -OCH3 is 2. The average Bonchev–Trinajstić information content (AvgIpc) is 2.88. The lowest BCUT2D eigenvalue weighted by molar-refractivity contribution is -0.141. The Hall–Kier alpha value is -2.10. The monoisotopic (exact) mass is 530 g/mol. The number of allylic oxidation sites excluding steroid dienone is 8. The molecular formula is C34H58O4. The molecule has 0 aliphatic heterocycles. The Morgan fingerprint density at radius 2 is 1.00 bits per heavy atom. The predicted octanol–water partition coefficient (Wildman–Crippen LogP) is 9.85. The van der Waals surface area contributed by atoms with Crippen LogP contribution < -0.4 is 0 Å². The van der Waals surface area contributed by atoms with Crippen LogP contribution in [0.3, 0.4) is 0 Å². The van der Waals surface area contributed by atoms with Gasteiger partial charge in [-0.05, 0) is 105 Å². The zero-order chi connectivity index (χ0) is 28.8. The van der Waals surface area contributed by atoms with Gasteiger partial charge in [-0.15, -0.1) is 0 Å². The first-order valence-electron chi connectivity index (χ1n) is 14.8. The SMILES string of the molecule is COC(=O)CCCCCC/C=C(/C)C(CC=C(C)C)C/C=C(/C)C(CC=C(C)C)CCCCCC(=O)OC. The molecule has 0 radical (unpaired) electrons. The first kappa shape index (κ1) is 35.9. The molecule has 0 heterocycles. The molecule has 4 nitrogen and oxygen atoms in total. The molecule has 38 heavy (non-hydrogen) atoms. The molecule has 2 unspecified atom stereocenters. The lowest BCUT2D eigenvalue weighted by Crippen LogP contribution is -2.05. The van der Waals surface area contributed by atoms with Gasteiger partial charge in [0, 0.05) is 12.8 Å². The summed E-state index contributed by atoms with van der Waals surface area (Å²) in [5.41, 5.74) is 5.74. The summed E-state index contributed by atoms with van der Waals surface area (Å²) in [6.07, 6.45) is 23.7. The van der Waals surface area contributed by atoms with E-state index in [9.17, 15) is 9.59 Å². The predicted molar refractivity (Wildman–Crippen MR) is 162 cm³/mol. The van der Waals surface area contributed by atoms with E-state index in [4.69, 9.17) is 9.47 Å². The maximum Gasteiger partial charge on any atom is 0.305 e. The molecule has 0 saturated heterocycles. The van der Waals surface area contributed by atoms with Gasteiger partial charge in [0.2, 0.25) is 0 Å². The highest BCUT2D eigenvalue weighted by molar-refractivity contribution is 5.69. The van der Waals surface area contributed by atoms with Crippen molar-refractivity contribution in [1.29, 1.82) is 0 Å². The van der Waals surface area contributed by atoms with Gasteiger partial charge < -0.3 is 9.47 Å². The summed E-state index contributed by atoms with van der Waals surface area (Å²) in [6, 6.07) is 0. The average molecular weight is 531 g/mol. The Morgan fingerprint density at radius 3 is 1.53 bits per heavy atom. The Balaban J connectivity index is 5.06. The first-order chi connectivity index (χ1) is 18.1. The Bertz CT molecular complexity index is 776. The minimum Gasteiger partial charge on any atom is -0.469 e. The highest BCUT2D eigenvalue weighted by atomic mass is 16.5. The molecule has 0 N–H and O–H groups in total. The van der Waals surface area contributed by atoms with E-state index in [-0.39, 0.29) is 11.9 Å². The summed E-state index contributed by atoms with van der Waals surface area (Å²) in [5.74, 6) is 0.879. The molecule has 0 aliphatic carbocycles. The smallest absolute Gasteiger partial charge is 0.305 e. The summed E-state index contributed by atoms with van der Waals surface area (Å²) in [7, 11) is 2.92. The standard InChI is InChI=1S/C34H58O4/c1-27(2)21-24-31(18-14-12-16-20-34(36)38-8)30(6)23-26-32(25-22-28(3)4)29(5)17-13-10-9-11-15-19-33(35)37-7/h17,21-23,31-32H,9-16,18-20,24-26H2,1-8H3/b29-17-,30-23-. The zero-order valence-electron chi connectivity index (χ0n) is 26.0. The third kappa shape index (κ3) is 19.9. The van der Waals surface area contributed by atoms with Gasteiger partial charge in [0.25, 0.3) is 0 Å². The van der Waals surface area contributed by atoms with Gasteiger partial charge in [-0.1, -0.05) is 72.3 Å². The number of carbonyl (C=O) groups is 2. The Labute approximate surface area is 235 Å². The van der Waals surface area contributed by atoms with Crippen LogP contribution in [0.5, 0.6) is 0 Å². The molecule has 0 aromatic heterocycles. The third-order valence-corrected chi connectivity index (χ3v) is 7.32. The number of esters is 2. The number of rotatable bonds is 21. The minimum absolute atomic E-state index is 0.104. The molecule has 4 heteroatoms. The molecule has 2 atom stereocenters. The molecule has 0 aliphatic rings. The van der Waals surface area contributed by atoms with Crippen LogP contribution in [0.25, 0.3) is 0 Å². The van der Waals surface area contributed by atoms with E-state index in [0.29, 0.717) is 24.7 Å². The topological polar surface area (TPSA) is 52.6 Å². The van der Waals surface area contributed by atoms with E-state index in [2.05, 4.69) is 65.8 Å². The second kappa shape index (κ2) is 22.8. The highest BCUT2D eigenvalue weighted by Gasteiger charge is 2.13. The Kier molecular flexibility index (Phi) is 21.6. The van der Waals surface area contributed by atoms with Crippen LogP contribution in [0.2, 0.25) is 0 Å². The largest absolute Gasteiger partial charge is 0.469 e. The van der Waals surface area contributed by atoms with Crippen LogP contribution in [-0.2, 0) is 19.1 Å². The van der Waals surface area contributed by atoms with Crippen molar-refractivity contribution >= 4 is 11.9 Å².